The fourth-order valence-corrected chi connectivity index (χ4v) is 4.47. The Morgan fingerprint density at radius 2 is 0.906 bits per heavy atom. The van der Waals surface area contributed by atoms with Crippen molar-refractivity contribution in [1.82, 2.24) is 0 Å². The monoisotopic (exact) mass is 434 g/mol. The predicted octanol–water partition coefficient (Wildman–Crippen LogP) is 4.86. The summed E-state index contributed by atoms with van der Waals surface area (Å²) in [6.45, 7) is 1.12. The summed E-state index contributed by atoms with van der Waals surface area (Å²) in [5.74, 6) is 0. The van der Waals surface area contributed by atoms with E-state index in [4.69, 9.17) is 18.9 Å². The highest BCUT2D eigenvalue weighted by Crippen LogP contribution is 2.42. The molecule has 166 valence electrons. The van der Waals surface area contributed by atoms with Crippen molar-refractivity contribution in [3.8, 4) is 0 Å². The van der Waals surface area contributed by atoms with Crippen LogP contribution >= 0.6 is 0 Å². The van der Waals surface area contributed by atoms with Crippen molar-refractivity contribution < 1.29 is 23.3 Å². The molecule has 0 aromatic heterocycles. The molecule has 32 heavy (non-hydrogen) atoms. The minimum atomic E-state index is -1.26. The minimum Gasteiger partial charge on any atom is -0.368 e. The molecule has 2 aliphatic heterocycles. The van der Waals surface area contributed by atoms with Crippen molar-refractivity contribution in [2.45, 2.75) is 56.5 Å². The molecule has 2 saturated heterocycles. The van der Waals surface area contributed by atoms with Crippen LogP contribution < -0.4 is 0 Å². The SMILES string of the molecule is F[C@@H]1[C@H]2O[C@H]([C@H](OCc3ccccc3)[C@H]2OCc2ccccc2)[C@H]1OCc1ccccc1. The second-order valence-corrected chi connectivity index (χ2v) is 8.29. The number of rotatable bonds is 9. The number of halogens is 1. The summed E-state index contributed by atoms with van der Waals surface area (Å²) in [4.78, 5) is 0. The summed E-state index contributed by atoms with van der Waals surface area (Å²) >= 11 is 0. The van der Waals surface area contributed by atoms with E-state index in [0.29, 0.717) is 19.8 Å². The summed E-state index contributed by atoms with van der Waals surface area (Å²) in [5, 5.41) is 0. The number of hydrogen-bond acceptors (Lipinski definition) is 4. The molecule has 3 aromatic rings. The highest BCUT2D eigenvalue weighted by Gasteiger charge is 2.62. The Morgan fingerprint density at radius 3 is 1.34 bits per heavy atom. The van der Waals surface area contributed by atoms with Crippen LogP contribution in [0.15, 0.2) is 91.0 Å². The van der Waals surface area contributed by atoms with E-state index in [-0.39, 0.29) is 0 Å². The lowest BCUT2D eigenvalue weighted by Crippen LogP contribution is -2.53. The molecular formula is C27H27FO4. The van der Waals surface area contributed by atoms with Gasteiger partial charge in [0.2, 0.25) is 0 Å². The van der Waals surface area contributed by atoms with Gasteiger partial charge in [0, 0.05) is 0 Å². The molecule has 2 heterocycles. The molecule has 2 bridgehead atoms. The normalized spacial score (nSPS) is 28.8. The van der Waals surface area contributed by atoms with E-state index in [2.05, 4.69) is 0 Å². The lowest BCUT2D eigenvalue weighted by Gasteiger charge is -2.34. The Labute approximate surface area is 187 Å². The molecule has 0 spiro atoms. The zero-order chi connectivity index (χ0) is 21.8. The molecule has 0 N–H and O–H groups in total. The third-order valence-corrected chi connectivity index (χ3v) is 6.09. The molecule has 2 fully saturated rings. The average Bonchev–Trinajstić information content (AvgIpc) is 3.37. The predicted molar refractivity (Wildman–Crippen MR) is 119 cm³/mol. The van der Waals surface area contributed by atoms with Crippen LogP contribution in [0.3, 0.4) is 0 Å². The lowest BCUT2D eigenvalue weighted by atomic mass is 9.90. The molecule has 3 aromatic carbocycles. The lowest BCUT2D eigenvalue weighted by molar-refractivity contribution is -0.139. The van der Waals surface area contributed by atoms with Crippen LogP contribution in [0.2, 0.25) is 0 Å². The molecule has 0 amide bonds. The maximum absolute atomic E-state index is 15.3. The van der Waals surface area contributed by atoms with E-state index in [9.17, 15) is 0 Å². The van der Waals surface area contributed by atoms with E-state index in [1.807, 2.05) is 91.0 Å². The molecule has 5 rings (SSSR count). The van der Waals surface area contributed by atoms with Crippen LogP contribution in [0, 0.1) is 0 Å². The summed E-state index contributed by atoms with van der Waals surface area (Å²) in [7, 11) is 0. The Kier molecular flexibility index (Phi) is 6.60. The summed E-state index contributed by atoms with van der Waals surface area (Å²) in [5.41, 5.74) is 3.08. The quantitative estimate of drug-likeness (QED) is 0.482. The van der Waals surface area contributed by atoms with Crippen LogP contribution in [0.5, 0.6) is 0 Å². The second kappa shape index (κ2) is 9.92. The smallest absolute Gasteiger partial charge is 0.157 e. The van der Waals surface area contributed by atoms with Crippen molar-refractivity contribution in [3.05, 3.63) is 108 Å². The number of alkyl halides is 1. The number of benzene rings is 3. The number of hydrogen-bond donors (Lipinski definition) is 0. The van der Waals surface area contributed by atoms with Crippen LogP contribution in [-0.4, -0.2) is 36.7 Å². The Bertz CT molecular complexity index is 969. The standard InChI is InChI=1S/C27H27FO4/c28-22-23(29-16-19-10-4-1-5-11-19)27-26(31-18-21-14-8-3-9-15-21)25(24(22)32-27)30-17-20-12-6-2-7-13-20/h1-15,22-27H,16-18H2/t22-,23-,24+,25-,26+,27-/m0/s1. The Morgan fingerprint density at radius 1 is 0.531 bits per heavy atom. The van der Waals surface area contributed by atoms with Crippen LogP contribution in [0.25, 0.3) is 0 Å². The fourth-order valence-electron chi connectivity index (χ4n) is 4.47. The van der Waals surface area contributed by atoms with Gasteiger partial charge in [-0.25, -0.2) is 4.39 Å². The molecule has 0 unspecified atom stereocenters. The van der Waals surface area contributed by atoms with E-state index >= 15 is 4.39 Å². The summed E-state index contributed by atoms with van der Waals surface area (Å²) in [6.07, 6.45) is -4.06. The number of ether oxygens (including phenoxy) is 4. The molecule has 6 atom stereocenters. The first kappa shape index (κ1) is 21.3. The van der Waals surface area contributed by atoms with Crippen LogP contribution in [0.4, 0.5) is 4.39 Å². The maximum Gasteiger partial charge on any atom is 0.157 e. The third kappa shape index (κ3) is 4.62. The highest BCUT2D eigenvalue weighted by molar-refractivity contribution is 5.17. The Hall–Kier alpha value is -2.57. The van der Waals surface area contributed by atoms with Gasteiger partial charge in [-0.15, -0.1) is 0 Å². The topological polar surface area (TPSA) is 36.9 Å². The summed E-state index contributed by atoms with van der Waals surface area (Å²) in [6, 6.07) is 29.6. The average molecular weight is 435 g/mol. The van der Waals surface area contributed by atoms with Crippen molar-refractivity contribution in [2.24, 2.45) is 0 Å². The van der Waals surface area contributed by atoms with Gasteiger partial charge in [-0.3, -0.25) is 0 Å². The van der Waals surface area contributed by atoms with E-state index in [1.165, 1.54) is 0 Å². The van der Waals surface area contributed by atoms with Gasteiger partial charge in [0.15, 0.2) is 6.17 Å². The summed E-state index contributed by atoms with van der Waals surface area (Å²) < 4.78 is 39.8. The van der Waals surface area contributed by atoms with Gasteiger partial charge in [0.25, 0.3) is 0 Å². The first-order valence-electron chi connectivity index (χ1n) is 11.1. The van der Waals surface area contributed by atoms with Crippen molar-refractivity contribution in [1.29, 1.82) is 0 Å². The van der Waals surface area contributed by atoms with Gasteiger partial charge >= 0.3 is 0 Å². The zero-order valence-corrected chi connectivity index (χ0v) is 17.8. The zero-order valence-electron chi connectivity index (χ0n) is 17.8. The number of fused-ring (bicyclic) bond motifs is 2. The molecule has 2 aliphatic rings. The third-order valence-electron chi connectivity index (χ3n) is 6.09. The first-order valence-corrected chi connectivity index (χ1v) is 11.1. The molecular weight excluding hydrogens is 407 g/mol. The van der Waals surface area contributed by atoms with Gasteiger partial charge in [0.05, 0.1) is 19.8 Å². The largest absolute Gasteiger partial charge is 0.368 e. The van der Waals surface area contributed by atoms with Gasteiger partial charge in [-0.2, -0.15) is 0 Å². The van der Waals surface area contributed by atoms with Gasteiger partial charge < -0.3 is 18.9 Å². The first-order chi connectivity index (χ1) is 15.8. The second-order valence-electron chi connectivity index (χ2n) is 8.29. The fraction of sp³-hybridized carbons (Fsp3) is 0.333. The molecule has 0 saturated carbocycles. The van der Waals surface area contributed by atoms with Crippen molar-refractivity contribution >= 4 is 0 Å². The minimum absolute atomic E-state index is 0.333. The van der Waals surface area contributed by atoms with E-state index in [1.54, 1.807) is 0 Å². The van der Waals surface area contributed by atoms with Crippen molar-refractivity contribution in [2.75, 3.05) is 0 Å². The Balaban J connectivity index is 1.29. The maximum atomic E-state index is 15.3. The van der Waals surface area contributed by atoms with Crippen molar-refractivity contribution in [3.63, 3.8) is 0 Å². The van der Waals surface area contributed by atoms with Crippen LogP contribution in [0.1, 0.15) is 16.7 Å². The van der Waals surface area contributed by atoms with E-state index < -0.39 is 36.7 Å². The van der Waals surface area contributed by atoms with Crippen LogP contribution in [-0.2, 0) is 38.8 Å². The molecule has 0 radical (unpaired) electrons. The highest BCUT2D eigenvalue weighted by atomic mass is 19.1. The molecule has 4 nitrogen and oxygen atoms in total. The van der Waals surface area contributed by atoms with Gasteiger partial charge in [-0.05, 0) is 16.7 Å². The van der Waals surface area contributed by atoms with Gasteiger partial charge in [0.1, 0.15) is 30.5 Å². The van der Waals surface area contributed by atoms with Gasteiger partial charge in [-0.1, -0.05) is 91.0 Å². The van der Waals surface area contributed by atoms with E-state index in [0.717, 1.165) is 16.7 Å². The molecule has 5 heteroatoms. The molecule has 0 aliphatic carbocycles.